The van der Waals surface area contributed by atoms with E-state index >= 15 is 0 Å². The number of para-hydroxylation sites is 1. The van der Waals surface area contributed by atoms with Crippen LogP contribution in [0.3, 0.4) is 0 Å². The summed E-state index contributed by atoms with van der Waals surface area (Å²) in [7, 11) is 0. The minimum Gasteiger partial charge on any atom is -0.428 e. The molecule has 0 radical (unpaired) electrons. The molecule has 0 unspecified atom stereocenters. The number of aromatic nitrogens is 1. The predicted molar refractivity (Wildman–Crippen MR) is 161 cm³/mol. The zero-order valence-corrected chi connectivity index (χ0v) is 23.0. The first-order valence-corrected chi connectivity index (χ1v) is 14.1. The second-order valence-electron chi connectivity index (χ2n) is 10.4. The number of nitrogens with one attached hydrogen (secondary N) is 1. The Balaban J connectivity index is 1.07. The van der Waals surface area contributed by atoms with Crippen LogP contribution in [0, 0.1) is 0 Å². The maximum absolute atomic E-state index is 12.7. The number of oxazole rings is 1. The molecular weight excluding hydrogens is 516 g/mol. The Morgan fingerprint density at radius 2 is 1.71 bits per heavy atom. The molecule has 6 rings (SSSR count). The van der Waals surface area contributed by atoms with Crippen molar-refractivity contribution in [1.82, 2.24) is 14.8 Å². The van der Waals surface area contributed by atoms with Gasteiger partial charge in [-0.25, -0.2) is 14.2 Å². The molecule has 1 aliphatic heterocycles. The number of rotatable bonds is 8. The number of carbonyl (C=O) groups excluding carboxylic acids is 1. The first kappa shape index (κ1) is 26.7. The fraction of sp³-hybridized carbons (Fsp3) is 0.273. The number of carbonyl (C=O) groups is 1. The molecule has 8 heteroatoms. The molecule has 1 aromatic heterocycles. The summed E-state index contributed by atoms with van der Waals surface area (Å²) in [6.45, 7) is 4.48. The molecule has 1 N–H and O–H groups in total. The predicted octanol–water partition coefficient (Wildman–Crippen LogP) is 5.54. The number of ether oxygens (including phenoxy) is 1. The Kier molecular flexibility index (Phi) is 8.00. The van der Waals surface area contributed by atoms with Crippen molar-refractivity contribution in [2.75, 3.05) is 37.6 Å². The van der Waals surface area contributed by atoms with E-state index < -0.39 is 11.8 Å². The SMILES string of the molecule is O=C(NCC1=CCCC=C1)OCn1c(=O)oc2c(N3CCN(Cc4cccc(-c5ccccc5)c4)CC3)cccc21. The van der Waals surface area contributed by atoms with Crippen LogP contribution in [0.25, 0.3) is 22.2 Å². The van der Waals surface area contributed by atoms with Crippen molar-refractivity contribution < 1.29 is 13.9 Å². The Labute approximate surface area is 239 Å². The molecular formula is C33H34N4O4. The summed E-state index contributed by atoms with van der Waals surface area (Å²) < 4.78 is 12.4. The van der Waals surface area contributed by atoms with Crippen molar-refractivity contribution in [3.63, 3.8) is 0 Å². The van der Waals surface area contributed by atoms with E-state index in [1.807, 2.05) is 30.3 Å². The zero-order chi connectivity index (χ0) is 28.0. The molecule has 3 aromatic carbocycles. The van der Waals surface area contributed by atoms with Crippen molar-refractivity contribution in [3.05, 3.63) is 113 Å². The van der Waals surface area contributed by atoms with Gasteiger partial charge in [0.15, 0.2) is 12.3 Å². The maximum atomic E-state index is 12.7. The average Bonchev–Trinajstić information content (AvgIpc) is 3.35. The second-order valence-corrected chi connectivity index (χ2v) is 10.4. The third-order valence-corrected chi connectivity index (χ3v) is 7.66. The summed E-state index contributed by atoms with van der Waals surface area (Å²) in [5.41, 5.74) is 6.80. The summed E-state index contributed by atoms with van der Waals surface area (Å²) in [6.07, 6.45) is 7.60. The van der Waals surface area contributed by atoms with E-state index in [-0.39, 0.29) is 6.73 Å². The smallest absolute Gasteiger partial charge is 0.422 e. The number of allylic oxidation sites excluding steroid dienone is 2. The Bertz CT molecular complexity index is 1630. The van der Waals surface area contributed by atoms with Crippen LogP contribution in [0.5, 0.6) is 0 Å². The molecule has 4 aromatic rings. The third kappa shape index (κ3) is 6.28. The van der Waals surface area contributed by atoms with Crippen LogP contribution in [-0.2, 0) is 18.0 Å². The standard InChI is InChI=1S/C33H34N4O4/c38-32(34-22-25-9-3-1-4-10-25)40-24-37-30-16-8-15-29(31(30)41-33(37)39)36-19-17-35(18-20-36)23-26-11-7-14-28(21-26)27-12-5-2-6-13-27/h2-3,5-16,21H,1,4,17-20,22-24H2,(H,34,38). The number of anilines is 1. The largest absolute Gasteiger partial charge is 0.428 e. The third-order valence-electron chi connectivity index (χ3n) is 7.66. The Morgan fingerprint density at radius 3 is 2.51 bits per heavy atom. The number of alkyl carbamates (subject to hydrolysis) is 1. The number of amides is 1. The van der Waals surface area contributed by atoms with Crippen molar-refractivity contribution >= 4 is 22.9 Å². The summed E-state index contributed by atoms with van der Waals surface area (Å²) in [5.74, 6) is -0.546. The van der Waals surface area contributed by atoms with Crippen LogP contribution in [0.2, 0.25) is 0 Å². The fourth-order valence-electron chi connectivity index (χ4n) is 5.47. The van der Waals surface area contributed by atoms with E-state index in [4.69, 9.17) is 9.15 Å². The number of fused-ring (bicyclic) bond motifs is 1. The topological polar surface area (TPSA) is 79.9 Å². The van der Waals surface area contributed by atoms with E-state index in [1.165, 1.54) is 21.3 Å². The van der Waals surface area contributed by atoms with Gasteiger partial charge in [-0.05, 0) is 53.3 Å². The molecule has 0 bridgehead atoms. The van der Waals surface area contributed by atoms with Crippen molar-refractivity contribution in [2.45, 2.75) is 26.1 Å². The van der Waals surface area contributed by atoms with Gasteiger partial charge in [0.1, 0.15) is 0 Å². The number of hydrogen-bond donors (Lipinski definition) is 1. The van der Waals surface area contributed by atoms with E-state index in [0.29, 0.717) is 17.6 Å². The summed E-state index contributed by atoms with van der Waals surface area (Å²) >= 11 is 0. The highest BCUT2D eigenvalue weighted by Crippen LogP contribution is 2.28. The van der Waals surface area contributed by atoms with Crippen LogP contribution < -0.4 is 16.0 Å². The van der Waals surface area contributed by atoms with Gasteiger partial charge in [-0.15, -0.1) is 0 Å². The molecule has 1 saturated heterocycles. The van der Waals surface area contributed by atoms with Crippen LogP contribution in [-0.4, -0.2) is 48.3 Å². The van der Waals surface area contributed by atoms with Crippen molar-refractivity contribution in [1.29, 1.82) is 0 Å². The number of piperazine rings is 1. The first-order valence-electron chi connectivity index (χ1n) is 14.1. The van der Waals surface area contributed by atoms with E-state index in [0.717, 1.165) is 56.8 Å². The summed E-state index contributed by atoms with van der Waals surface area (Å²) in [4.78, 5) is 29.7. The number of benzene rings is 3. The summed E-state index contributed by atoms with van der Waals surface area (Å²) in [6, 6.07) is 24.9. The molecule has 2 aliphatic rings. The fourth-order valence-corrected chi connectivity index (χ4v) is 5.47. The molecule has 41 heavy (non-hydrogen) atoms. The summed E-state index contributed by atoms with van der Waals surface area (Å²) in [5, 5.41) is 2.74. The number of hydrogen-bond acceptors (Lipinski definition) is 6. The molecule has 210 valence electrons. The lowest BCUT2D eigenvalue weighted by atomic mass is 10.0. The Morgan fingerprint density at radius 1 is 0.902 bits per heavy atom. The molecule has 8 nitrogen and oxygen atoms in total. The normalized spacial score (nSPS) is 15.6. The number of nitrogens with zero attached hydrogens (tertiary/aromatic N) is 3. The van der Waals surface area contributed by atoms with Gasteiger partial charge < -0.3 is 19.4 Å². The van der Waals surface area contributed by atoms with E-state index in [1.54, 1.807) is 0 Å². The van der Waals surface area contributed by atoms with Gasteiger partial charge in [-0.2, -0.15) is 0 Å². The van der Waals surface area contributed by atoms with Crippen LogP contribution >= 0.6 is 0 Å². The van der Waals surface area contributed by atoms with Gasteiger partial charge in [-0.1, -0.05) is 72.8 Å². The highest BCUT2D eigenvalue weighted by Gasteiger charge is 2.22. The lowest BCUT2D eigenvalue weighted by molar-refractivity contribution is 0.113. The molecule has 1 fully saturated rings. The van der Waals surface area contributed by atoms with Crippen LogP contribution in [0.15, 0.2) is 106 Å². The van der Waals surface area contributed by atoms with Crippen LogP contribution in [0.4, 0.5) is 10.5 Å². The quantitative estimate of drug-likeness (QED) is 0.310. The molecule has 1 aliphatic carbocycles. The van der Waals surface area contributed by atoms with Crippen molar-refractivity contribution in [3.8, 4) is 11.1 Å². The van der Waals surface area contributed by atoms with Gasteiger partial charge in [0, 0.05) is 39.3 Å². The van der Waals surface area contributed by atoms with Gasteiger partial charge in [0.2, 0.25) is 0 Å². The van der Waals surface area contributed by atoms with Gasteiger partial charge in [0.25, 0.3) is 0 Å². The molecule has 0 saturated carbocycles. The molecule has 0 atom stereocenters. The van der Waals surface area contributed by atoms with Gasteiger partial charge >= 0.3 is 11.8 Å². The van der Waals surface area contributed by atoms with Crippen LogP contribution in [0.1, 0.15) is 18.4 Å². The maximum Gasteiger partial charge on any atom is 0.422 e. The molecule has 0 spiro atoms. The second kappa shape index (κ2) is 12.3. The monoisotopic (exact) mass is 550 g/mol. The highest BCUT2D eigenvalue weighted by molar-refractivity contribution is 5.87. The van der Waals surface area contributed by atoms with E-state index in [2.05, 4.69) is 75.8 Å². The minimum atomic E-state index is -0.576. The molecule has 1 amide bonds. The molecule has 2 heterocycles. The van der Waals surface area contributed by atoms with E-state index in [9.17, 15) is 9.59 Å². The first-order chi connectivity index (χ1) is 20.1. The Hall–Kier alpha value is -4.56. The van der Waals surface area contributed by atoms with Gasteiger partial charge in [0.05, 0.1) is 11.2 Å². The highest BCUT2D eigenvalue weighted by atomic mass is 16.6. The average molecular weight is 551 g/mol. The lowest BCUT2D eigenvalue weighted by Gasteiger charge is -2.36. The minimum absolute atomic E-state index is 0.216. The van der Waals surface area contributed by atoms with Crippen molar-refractivity contribution in [2.24, 2.45) is 0 Å². The zero-order valence-electron chi connectivity index (χ0n) is 23.0. The lowest BCUT2D eigenvalue weighted by Crippen LogP contribution is -2.46. The van der Waals surface area contributed by atoms with Gasteiger partial charge in [-0.3, -0.25) is 4.90 Å².